The third-order valence-corrected chi connectivity index (χ3v) is 8.13. The highest BCUT2D eigenvalue weighted by Crippen LogP contribution is 2.47. The third kappa shape index (κ3) is 5.62. The normalized spacial score (nSPS) is 11.7. The maximum absolute atomic E-state index is 13.5. The smallest absolute Gasteiger partial charge is 0.232 e. The molecule has 0 aliphatic heterocycles. The number of rotatable bonds is 10. The number of nitrogens with zero attached hydrogens (tertiary/aromatic N) is 3. The fraction of sp³-hybridized carbons (Fsp3) is 0.233. The number of hydrogen-bond acceptors (Lipinski definition) is 6. The molecule has 0 radical (unpaired) electrons. The fourth-order valence-electron chi connectivity index (χ4n) is 4.80. The first-order chi connectivity index (χ1) is 19.6. The molecule has 2 heterocycles. The number of fused-ring (bicyclic) bond motifs is 2. The molecule has 41 heavy (non-hydrogen) atoms. The van der Waals surface area contributed by atoms with Gasteiger partial charge in [0.25, 0.3) is 0 Å². The van der Waals surface area contributed by atoms with Crippen LogP contribution < -0.4 is 13.8 Å². The lowest BCUT2D eigenvalue weighted by atomic mass is 10.0. The average molecular weight is 582 g/mol. The van der Waals surface area contributed by atoms with Crippen LogP contribution in [0.1, 0.15) is 16.7 Å². The number of sulfonamides is 1. The Balaban J connectivity index is 1.74. The van der Waals surface area contributed by atoms with Crippen molar-refractivity contribution in [3.05, 3.63) is 89.5 Å². The van der Waals surface area contributed by atoms with Gasteiger partial charge in [0.1, 0.15) is 30.4 Å². The Morgan fingerprint density at radius 3 is 2.34 bits per heavy atom. The Hall–Kier alpha value is -4.38. The predicted molar refractivity (Wildman–Crippen MR) is 155 cm³/mol. The molecule has 5 rings (SSSR count). The van der Waals surface area contributed by atoms with Gasteiger partial charge in [0.15, 0.2) is 5.75 Å². The minimum Gasteiger partial charge on any atom is -0.497 e. The van der Waals surface area contributed by atoms with Crippen molar-refractivity contribution in [2.45, 2.75) is 19.6 Å². The number of hydrogen-bond donors (Lipinski definition) is 1. The number of methoxy groups -OCH3 is 1. The van der Waals surface area contributed by atoms with E-state index in [9.17, 15) is 22.3 Å². The fourth-order valence-corrected chi connectivity index (χ4v) is 5.33. The molecule has 0 saturated heterocycles. The number of alkyl halides is 1. The lowest BCUT2D eigenvalue weighted by Gasteiger charge is -2.22. The van der Waals surface area contributed by atoms with Crippen molar-refractivity contribution < 1.29 is 31.8 Å². The minimum absolute atomic E-state index is 0.113. The van der Waals surface area contributed by atoms with Crippen LogP contribution >= 0.6 is 0 Å². The second kappa shape index (κ2) is 11.2. The molecule has 2 aromatic heterocycles. The predicted octanol–water partition coefficient (Wildman–Crippen LogP) is 5.58. The molecule has 8 nitrogen and oxygen atoms in total. The van der Waals surface area contributed by atoms with E-state index < -0.39 is 16.7 Å². The first-order valence-electron chi connectivity index (χ1n) is 12.8. The van der Waals surface area contributed by atoms with E-state index >= 15 is 0 Å². The van der Waals surface area contributed by atoms with Crippen molar-refractivity contribution in [2.24, 2.45) is 0 Å². The Morgan fingerprint density at radius 2 is 1.71 bits per heavy atom. The van der Waals surface area contributed by atoms with E-state index in [1.54, 1.807) is 37.6 Å². The zero-order valence-corrected chi connectivity index (χ0v) is 23.6. The summed E-state index contributed by atoms with van der Waals surface area (Å²) in [4.78, 5) is 4.67. The van der Waals surface area contributed by atoms with Crippen molar-refractivity contribution in [3.63, 3.8) is 0 Å². The second-order valence-corrected chi connectivity index (χ2v) is 11.7. The van der Waals surface area contributed by atoms with Gasteiger partial charge in [-0.05, 0) is 53.4 Å². The van der Waals surface area contributed by atoms with Gasteiger partial charge < -0.3 is 19.1 Å². The van der Waals surface area contributed by atoms with Crippen LogP contribution in [0.5, 0.6) is 17.4 Å². The topological polar surface area (TPSA) is 93.9 Å². The van der Waals surface area contributed by atoms with Gasteiger partial charge in [-0.2, -0.15) is 0 Å². The molecule has 0 aliphatic carbocycles. The van der Waals surface area contributed by atoms with Gasteiger partial charge in [-0.25, -0.2) is 17.2 Å². The van der Waals surface area contributed by atoms with Gasteiger partial charge in [-0.3, -0.25) is 9.29 Å². The Morgan fingerprint density at radius 1 is 1.02 bits per heavy atom. The number of aromatic nitrogens is 2. The van der Waals surface area contributed by atoms with Crippen molar-refractivity contribution in [1.29, 1.82) is 0 Å². The van der Waals surface area contributed by atoms with Gasteiger partial charge in [-0.15, -0.1) is 0 Å². The quantitative estimate of drug-likeness (QED) is 0.232. The van der Waals surface area contributed by atoms with Gasteiger partial charge in [0.2, 0.25) is 15.9 Å². The molecule has 0 fully saturated rings. The molecule has 0 spiro atoms. The van der Waals surface area contributed by atoms with Crippen LogP contribution in [-0.4, -0.2) is 50.2 Å². The van der Waals surface area contributed by atoms with Crippen LogP contribution in [0.15, 0.2) is 67.0 Å². The van der Waals surface area contributed by atoms with E-state index in [1.807, 2.05) is 18.2 Å². The first kappa shape index (κ1) is 28.2. The van der Waals surface area contributed by atoms with Crippen LogP contribution in [0.4, 0.5) is 14.5 Å². The summed E-state index contributed by atoms with van der Waals surface area (Å²) in [6.07, 6.45) is 4.65. The van der Waals surface area contributed by atoms with Crippen LogP contribution in [0.25, 0.3) is 21.7 Å². The van der Waals surface area contributed by atoms with E-state index in [2.05, 4.69) is 4.98 Å². The third-order valence-electron chi connectivity index (χ3n) is 6.95. The molecule has 3 aromatic carbocycles. The highest BCUT2D eigenvalue weighted by molar-refractivity contribution is 7.92. The van der Waals surface area contributed by atoms with E-state index in [0.717, 1.165) is 27.3 Å². The number of anilines is 1. The maximum atomic E-state index is 13.5. The largest absolute Gasteiger partial charge is 0.497 e. The zero-order chi connectivity index (χ0) is 29.3. The van der Waals surface area contributed by atoms with E-state index in [0.29, 0.717) is 28.5 Å². The number of halogens is 2. The summed E-state index contributed by atoms with van der Waals surface area (Å²) in [5.41, 5.74) is 3.01. The molecule has 0 saturated carbocycles. The Labute approximate surface area is 236 Å². The van der Waals surface area contributed by atoms with Gasteiger partial charge in [-0.1, -0.05) is 24.3 Å². The van der Waals surface area contributed by atoms with Crippen molar-refractivity contribution in [2.75, 3.05) is 31.4 Å². The van der Waals surface area contributed by atoms with Crippen molar-refractivity contribution >= 4 is 37.4 Å². The summed E-state index contributed by atoms with van der Waals surface area (Å²) < 4.78 is 66.4. The summed E-state index contributed by atoms with van der Waals surface area (Å²) in [5.74, 6) is 0.316. The van der Waals surface area contributed by atoms with Crippen LogP contribution in [-0.2, 0) is 29.6 Å². The van der Waals surface area contributed by atoms with E-state index in [4.69, 9.17) is 9.47 Å². The molecule has 0 amide bonds. The van der Waals surface area contributed by atoms with Crippen molar-refractivity contribution in [1.82, 2.24) is 9.55 Å². The molecule has 0 atom stereocenters. The lowest BCUT2D eigenvalue weighted by Crippen LogP contribution is -2.25. The van der Waals surface area contributed by atoms with Gasteiger partial charge in [0.05, 0.1) is 31.0 Å². The highest BCUT2D eigenvalue weighted by atomic mass is 32.2. The number of pyridine rings is 1. The molecule has 1 N–H and O–H groups in total. The molecule has 5 aromatic rings. The van der Waals surface area contributed by atoms with Crippen LogP contribution in [0, 0.1) is 5.82 Å². The summed E-state index contributed by atoms with van der Waals surface area (Å²) in [7, 11) is -0.772. The molecule has 0 unspecified atom stereocenters. The molecule has 0 aliphatic rings. The number of aryl methyl sites for hydroxylation is 1. The van der Waals surface area contributed by atoms with E-state index in [-0.39, 0.29) is 41.7 Å². The minimum atomic E-state index is -3.76. The van der Waals surface area contributed by atoms with Gasteiger partial charge in [0, 0.05) is 30.2 Å². The summed E-state index contributed by atoms with van der Waals surface area (Å²) in [6.45, 7) is -0.768. The standard InChI is InChI=1S/C30H29F2N3O5S/c1-34(41(3,37)38)28-24-15-21(14-19-4-8-22(32)9-5-19)16-33-27(24)29(26-25(28)17-35(13-12-31)30(26)36)40-18-20-6-10-23(39-2)11-7-20/h4-11,15-17,36H,12-14,18H2,1-3H3. The summed E-state index contributed by atoms with van der Waals surface area (Å²) in [5, 5.41) is 12.2. The average Bonchev–Trinajstić information content (AvgIpc) is 3.27. The van der Waals surface area contributed by atoms with Gasteiger partial charge >= 0.3 is 0 Å². The SMILES string of the molecule is COc1ccc(COc2c3ncc(Cc4ccc(F)cc4)cc3c(N(C)S(C)(=O)=O)c3cn(CCF)c(O)c23)cc1. The molecule has 0 bridgehead atoms. The highest BCUT2D eigenvalue weighted by Gasteiger charge is 2.27. The number of benzene rings is 3. The molecular formula is C30H29F2N3O5S. The second-order valence-electron chi connectivity index (χ2n) is 9.71. The Bertz CT molecular complexity index is 1820. The number of ether oxygens (including phenoxy) is 2. The monoisotopic (exact) mass is 581 g/mol. The summed E-state index contributed by atoms with van der Waals surface area (Å²) >= 11 is 0. The van der Waals surface area contributed by atoms with E-state index in [1.165, 1.54) is 29.9 Å². The van der Waals surface area contributed by atoms with Crippen LogP contribution in [0.2, 0.25) is 0 Å². The van der Waals surface area contributed by atoms with Crippen LogP contribution in [0.3, 0.4) is 0 Å². The molecule has 11 heteroatoms. The number of aromatic hydroxyl groups is 1. The zero-order valence-electron chi connectivity index (χ0n) is 22.8. The molecular weight excluding hydrogens is 552 g/mol. The Kier molecular flexibility index (Phi) is 7.72. The van der Waals surface area contributed by atoms with Crippen molar-refractivity contribution in [3.8, 4) is 17.4 Å². The lowest BCUT2D eigenvalue weighted by molar-refractivity contribution is 0.311. The summed E-state index contributed by atoms with van der Waals surface area (Å²) in [6, 6.07) is 15.2. The maximum Gasteiger partial charge on any atom is 0.232 e. The first-order valence-corrected chi connectivity index (χ1v) is 14.6. The molecule has 214 valence electrons.